The normalized spacial score (nSPS) is 15.1. The Bertz CT molecular complexity index is 1260. The third-order valence-corrected chi connectivity index (χ3v) is 7.24. The number of amides is 1. The Morgan fingerprint density at radius 1 is 1.06 bits per heavy atom. The summed E-state index contributed by atoms with van der Waals surface area (Å²) in [7, 11) is -1.04. The Morgan fingerprint density at radius 3 is 2.50 bits per heavy atom. The number of nitrogens with zero attached hydrogens (tertiary/aromatic N) is 1. The van der Waals surface area contributed by atoms with Crippen molar-refractivity contribution in [2.75, 3.05) is 27.3 Å². The minimum absolute atomic E-state index is 0.0766. The van der Waals surface area contributed by atoms with Crippen molar-refractivity contribution in [1.82, 2.24) is 9.62 Å². The van der Waals surface area contributed by atoms with Crippen LogP contribution in [-0.4, -0.2) is 52.0 Å². The summed E-state index contributed by atoms with van der Waals surface area (Å²) in [4.78, 5) is 12.7. The van der Waals surface area contributed by atoms with Gasteiger partial charge in [-0.1, -0.05) is 42.5 Å². The summed E-state index contributed by atoms with van der Waals surface area (Å²) in [5, 5.41) is 2.79. The summed E-state index contributed by atoms with van der Waals surface area (Å²) < 4.78 is 44.6. The van der Waals surface area contributed by atoms with Crippen LogP contribution in [0.2, 0.25) is 0 Å². The molecule has 1 atom stereocenters. The first-order chi connectivity index (χ1) is 16.4. The van der Waals surface area contributed by atoms with E-state index in [9.17, 15) is 13.2 Å². The van der Waals surface area contributed by atoms with E-state index >= 15 is 0 Å². The lowest BCUT2D eigenvalue weighted by Gasteiger charge is -2.26. The van der Waals surface area contributed by atoms with E-state index in [-0.39, 0.29) is 35.4 Å². The zero-order valence-corrected chi connectivity index (χ0v) is 19.7. The minimum atomic E-state index is -3.92. The van der Waals surface area contributed by atoms with Crippen LogP contribution in [0.3, 0.4) is 0 Å². The molecule has 1 unspecified atom stereocenters. The van der Waals surface area contributed by atoms with Crippen molar-refractivity contribution in [2.45, 2.75) is 17.5 Å². The maximum absolute atomic E-state index is 13.3. The van der Waals surface area contributed by atoms with Gasteiger partial charge in [-0.2, -0.15) is 4.31 Å². The third-order valence-electron chi connectivity index (χ3n) is 5.42. The van der Waals surface area contributed by atoms with Gasteiger partial charge >= 0.3 is 0 Å². The number of benzene rings is 3. The first-order valence-electron chi connectivity index (χ1n) is 10.7. The van der Waals surface area contributed by atoms with Gasteiger partial charge in [0.2, 0.25) is 10.0 Å². The van der Waals surface area contributed by atoms with Gasteiger partial charge in [0.05, 0.1) is 13.7 Å². The van der Waals surface area contributed by atoms with Gasteiger partial charge in [-0.15, -0.1) is 0 Å². The highest BCUT2D eigenvalue weighted by Gasteiger charge is 2.27. The van der Waals surface area contributed by atoms with Gasteiger partial charge in [0, 0.05) is 19.2 Å². The van der Waals surface area contributed by atoms with Crippen LogP contribution < -0.4 is 19.5 Å². The van der Waals surface area contributed by atoms with Crippen LogP contribution in [0.1, 0.15) is 15.9 Å². The predicted octanol–water partition coefficient (Wildman–Crippen LogP) is 3.09. The standard InChI is InChI=1S/C25H26N2O6S/c1-27(16-18-8-4-3-5-9-18)34(29,30)24-14-19(12-13-23(24)31-2)25(28)26-15-20-17-32-21-10-6-7-11-22(21)33-20/h3-14,20H,15-17H2,1-2H3,(H,26,28). The number of carbonyl (C=O) groups excluding carboxylic acids is 1. The van der Waals surface area contributed by atoms with E-state index in [1.54, 1.807) is 6.07 Å². The van der Waals surface area contributed by atoms with Gasteiger partial charge < -0.3 is 19.5 Å². The van der Waals surface area contributed by atoms with E-state index in [0.29, 0.717) is 18.1 Å². The number of carbonyl (C=O) groups is 1. The zero-order valence-electron chi connectivity index (χ0n) is 18.9. The molecule has 0 bridgehead atoms. The molecule has 8 nitrogen and oxygen atoms in total. The number of nitrogens with one attached hydrogen (secondary N) is 1. The molecule has 1 heterocycles. The lowest BCUT2D eigenvalue weighted by molar-refractivity contribution is 0.0789. The Balaban J connectivity index is 1.47. The highest BCUT2D eigenvalue weighted by molar-refractivity contribution is 7.89. The molecule has 34 heavy (non-hydrogen) atoms. The summed E-state index contributed by atoms with van der Waals surface area (Å²) >= 11 is 0. The molecule has 1 N–H and O–H groups in total. The summed E-state index contributed by atoms with van der Waals surface area (Å²) in [5.74, 6) is 1.02. The van der Waals surface area contributed by atoms with Crippen LogP contribution in [0.5, 0.6) is 17.2 Å². The number of hydrogen-bond acceptors (Lipinski definition) is 6. The summed E-state index contributed by atoms with van der Waals surface area (Å²) in [6, 6.07) is 20.9. The van der Waals surface area contributed by atoms with Gasteiger partial charge in [0.25, 0.3) is 5.91 Å². The van der Waals surface area contributed by atoms with Crippen molar-refractivity contribution in [1.29, 1.82) is 0 Å². The van der Waals surface area contributed by atoms with Crippen molar-refractivity contribution in [3.8, 4) is 17.2 Å². The SMILES string of the molecule is COc1ccc(C(=O)NCC2COc3ccccc3O2)cc1S(=O)(=O)N(C)Cc1ccccc1. The molecule has 0 aliphatic carbocycles. The summed E-state index contributed by atoms with van der Waals surface area (Å²) in [6.45, 7) is 0.683. The Morgan fingerprint density at radius 2 is 1.76 bits per heavy atom. The molecule has 178 valence electrons. The second-order valence-corrected chi connectivity index (χ2v) is 9.83. The van der Waals surface area contributed by atoms with Crippen LogP contribution in [0.25, 0.3) is 0 Å². The number of hydrogen-bond donors (Lipinski definition) is 1. The Kier molecular flexibility index (Phi) is 7.04. The lowest BCUT2D eigenvalue weighted by Crippen LogP contribution is -2.40. The van der Waals surface area contributed by atoms with Crippen molar-refractivity contribution in [2.24, 2.45) is 0 Å². The highest BCUT2D eigenvalue weighted by Crippen LogP contribution is 2.31. The van der Waals surface area contributed by atoms with Crippen LogP contribution in [0.4, 0.5) is 0 Å². The van der Waals surface area contributed by atoms with E-state index in [2.05, 4.69) is 5.32 Å². The monoisotopic (exact) mass is 482 g/mol. The molecule has 9 heteroatoms. The van der Waals surface area contributed by atoms with E-state index in [0.717, 1.165) is 5.56 Å². The fraction of sp³-hybridized carbons (Fsp3) is 0.240. The van der Waals surface area contributed by atoms with Gasteiger partial charge in [-0.25, -0.2) is 8.42 Å². The molecule has 0 saturated heterocycles. The second-order valence-electron chi connectivity index (χ2n) is 7.82. The van der Waals surface area contributed by atoms with Crippen LogP contribution >= 0.6 is 0 Å². The molecular formula is C25H26N2O6S. The molecule has 0 saturated carbocycles. The fourth-order valence-corrected chi connectivity index (χ4v) is 4.92. The smallest absolute Gasteiger partial charge is 0.251 e. The quantitative estimate of drug-likeness (QED) is 0.530. The first-order valence-corrected chi connectivity index (χ1v) is 12.2. The largest absolute Gasteiger partial charge is 0.495 e. The molecule has 0 spiro atoms. The van der Waals surface area contributed by atoms with Gasteiger partial charge in [0.1, 0.15) is 23.4 Å². The molecule has 1 amide bonds. The summed E-state index contributed by atoms with van der Waals surface area (Å²) in [5.41, 5.74) is 1.04. The van der Waals surface area contributed by atoms with Crippen LogP contribution in [-0.2, 0) is 16.6 Å². The van der Waals surface area contributed by atoms with Gasteiger partial charge in [-0.3, -0.25) is 4.79 Å². The van der Waals surface area contributed by atoms with E-state index in [4.69, 9.17) is 14.2 Å². The first kappa shape index (κ1) is 23.6. The number of fused-ring (bicyclic) bond motifs is 1. The van der Waals surface area contributed by atoms with Crippen LogP contribution in [0.15, 0.2) is 77.7 Å². The Labute approximate surface area is 199 Å². The predicted molar refractivity (Wildman–Crippen MR) is 127 cm³/mol. The second kappa shape index (κ2) is 10.1. The zero-order chi connectivity index (χ0) is 24.1. The molecule has 0 aromatic heterocycles. The topological polar surface area (TPSA) is 94.2 Å². The Hall–Kier alpha value is -3.56. The number of para-hydroxylation sites is 2. The molecule has 0 fully saturated rings. The third kappa shape index (κ3) is 5.16. The summed E-state index contributed by atoms with van der Waals surface area (Å²) in [6.07, 6.45) is -0.364. The molecule has 3 aromatic carbocycles. The van der Waals surface area contributed by atoms with E-state index in [1.165, 1.54) is 36.7 Å². The van der Waals surface area contributed by atoms with Crippen molar-refractivity contribution in [3.05, 3.63) is 83.9 Å². The maximum atomic E-state index is 13.3. The molecule has 1 aliphatic rings. The van der Waals surface area contributed by atoms with E-state index < -0.39 is 15.9 Å². The molecular weight excluding hydrogens is 456 g/mol. The van der Waals surface area contributed by atoms with Crippen LogP contribution in [0, 0.1) is 0 Å². The fourth-order valence-electron chi connectivity index (χ4n) is 3.59. The van der Waals surface area contributed by atoms with Crippen molar-refractivity contribution in [3.63, 3.8) is 0 Å². The average Bonchev–Trinajstić information content (AvgIpc) is 2.87. The minimum Gasteiger partial charge on any atom is -0.495 e. The number of ether oxygens (including phenoxy) is 3. The number of rotatable bonds is 8. The maximum Gasteiger partial charge on any atom is 0.251 e. The van der Waals surface area contributed by atoms with Crippen molar-refractivity contribution >= 4 is 15.9 Å². The molecule has 0 radical (unpaired) electrons. The number of methoxy groups -OCH3 is 1. The molecule has 4 rings (SSSR count). The van der Waals surface area contributed by atoms with Gasteiger partial charge in [-0.05, 0) is 35.9 Å². The van der Waals surface area contributed by atoms with E-state index in [1.807, 2.05) is 48.5 Å². The number of sulfonamides is 1. The van der Waals surface area contributed by atoms with Gasteiger partial charge in [0.15, 0.2) is 11.5 Å². The molecule has 1 aliphatic heterocycles. The lowest BCUT2D eigenvalue weighted by atomic mass is 10.2. The highest BCUT2D eigenvalue weighted by atomic mass is 32.2. The average molecular weight is 483 g/mol. The van der Waals surface area contributed by atoms with Crippen molar-refractivity contribution < 1.29 is 27.4 Å². The molecule has 3 aromatic rings.